The fourth-order valence-corrected chi connectivity index (χ4v) is 1.70. The normalized spacial score (nSPS) is 28.2. The van der Waals surface area contributed by atoms with Gasteiger partial charge in [0.05, 0.1) is 12.6 Å². The SMILES string of the molecule is CC1CCN(C(=O)C(F)(F)F)C1CO. The van der Waals surface area contributed by atoms with Crippen LogP contribution in [0.4, 0.5) is 13.2 Å². The number of aliphatic hydroxyl groups is 1. The van der Waals surface area contributed by atoms with Crippen LogP contribution in [-0.4, -0.2) is 41.3 Å². The molecule has 1 N–H and O–H groups in total. The van der Waals surface area contributed by atoms with Gasteiger partial charge in [-0.1, -0.05) is 6.92 Å². The molecule has 0 aromatic rings. The maximum absolute atomic E-state index is 12.1. The predicted octanol–water partition coefficient (Wildman–Crippen LogP) is 0.778. The molecule has 3 nitrogen and oxygen atoms in total. The summed E-state index contributed by atoms with van der Waals surface area (Å²) in [6, 6.07) is -0.691. The van der Waals surface area contributed by atoms with Gasteiger partial charge in [0.25, 0.3) is 0 Å². The van der Waals surface area contributed by atoms with E-state index in [0.717, 1.165) is 0 Å². The molecule has 1 heterocycles. The van der Waals surface area contributed by atoms with E-state index in [1.807, 2.05) is 0 Å². The Morgan fingerprint density at radius 1 is 1.57 bits per heavy atom. The molecule has 6 heteroatoms. The third kappa shape index (κ3) is 2.00. The maximum atomic E-state index is 12.1. The van der Waals surface area contributed by atoms with Gasteiger partial charge in [-0.05, 0) is 12.3 Å². The highest BCUT2D eigenvalue weighted by Crippen LogP contribution is 2.28. The van der Waals surface area contributed by atoms with E-state index < -0.39 is 24.7 Å². The van der Waals surface area contributed by atoms with E-state index in [4.69, 9.17) is 5.11 Å². The number of rotatable bonds is 1. The first kappa shape index (κ1) is 11.3. The van der Waals surface area contributed by atoms with Crippen molar-refractivity contribution in [3.63, 3.8) is 0 Å². The summed E-state index contributed by atoms with van der Waals surface area (Å²) in [6.07, 6.45) is -4.33. The first-order valence-corrected chi connectivity index (χ1v) is 4.36. The molecule has 0 aliphatic carbocycles. The van der Waals surface area contributed by atoms with Crippen molar-refractivity contribution in [2.75, 3.05) is 13.2 Å². The van der Waals surface area contributed by atoms with Crippen molar-refractivity contribution < 1.29 is 23.1 Å². The zero-order chi connectivity index (χ0) is 10.9. The van der Waals surface area contributed by atoms with Gasteiger partial charge in [-0.3, -0.25) is 4.79 Å². The van der Waals surface area contributed by atoms with E-state index >= 15 is 0 Å². The number of carbonyl (C=O) groups excluding carboxylic acids is 1. The van der Waals surface area contributed by atoms with Gasteiger partial charge < -0.3 is 10.0 Å². The van der Waals surface area contributed by atoms with Crippen LogP contribution >= 0.6 is 0 Å². The number of halogens is 3. The Balaban J connectivity index is 2.74. The Morgan fingerprint density at radius 3 is 2.57 bits per heavy atom. The summed E-state index contributed by atoms with van der Waals surface area (Å²) < 4.78 is 36.2. The van der Waals surface area contributed by atoms with E-state index in [9.17, 15) is 18.0 Å². The first-order chi connectivity index (χ1) is 6.38. The Labute approximate surface area is 79.5 Å². The van der Waals surface area contributed by atoms with E-state index in [1.165, 1.54) is 0 Å². The molecule has 2 unspecified atom stereocenters. The fourth-order valence-electron chi connectivity index (χ4n) is 1.70. The number of alkyl halides is 3. The fraction of sp³-hybridized carbons (Fsp3) is 0.875. The van der Waals surface area contributed by atoms with Crippen molar-refractivity contribution in [1.82, 2.24) is 4.90 Å². The van der Waals surface area contributed by atoms with Crippen LogP contribution in [0.1, 0.15) is 13.3 Å². The molecule has 0 saturated carbocycles. The van der Waals surface area contributed by atoms with Crippen molar-refractivity contribution in [1.29, 1.82) is 0 Å². The van der Waals surface area contributed by atoms with E-state index in [2.05, 4.69) is 0 Å². The number of aliphatic hydroxyl groups excluding tert-OH is 1. The lowest BCUT2D eigenvalue weighted by Gasteiger charge is -2.25. The molecular weight excluding hydrogens is 199 g/mol. The molecule has 1 fully saturated rings. The van der Waals surface area contributed by atoms with Gasteiger partial charge in [-0.15, -0.1) is 0 Å². The summed E-state index contributed by atoms with van der Waals surface area (Å²) in [5.41, 5.74) is 0. The molecule has 1 saturated heterocycles. The largest absolute Gasteiger partial charge is 0.471 e. The van der Waals surface area contributed by atoms with Crippen molar-refractivity contribution in [3.8, 4) is 0 Å². The second-order valence-electron chi connectivity index (χ2n) is 3.51. The molecular formula is C8H12F3NO2. The topological polar surface area (TPSA) is 40.5 Å². The van der Waals surface area contributed by atoms with Crippen molar-refractivity contribution in [2.24, 2.45) is 5.92 Å². The number of likely N-dealkylation sites (tertiary alicyclic amines) is 1. The summed E-state index contributed by atoms with van der Waals surface area (Å²) >= 11 is 0. The number of hydrogen-bond donors (Lipinski definition) is 1. The molecule has 14 heavy (non-hydrogen) atoms. The van der Waals surface area contributed by atoms with Gasteiger partial charge in [0.2, 0.25) is 0 Å². The molecule has 0 bridgehead atoms. The molecule has 0 radical (unpaired) electrons. The van der Waals surface area contributed by atoms with Crippen molar-refractivity contribution in [2.45, 2.75) is 25.6 Å². The summed E-state index contributed by atoms with van der Waals surface area (Å²) in [7, 11) is 0. The van der Waals surface area contributed by atoms with E-state index in [-0.39, 0.29) is 12.5 Å². The molecule has 1 aliphatic heterocycles. The summed E-state index contributed by atoms with van der Waals surface area (Å²) in [6.45, 7) is 1.39. The lowest BCUT2D eigenvalue weighted by atomic mass is 10.0. The molecule has 2 atom stereocenters. The van der Waals surface area contributed by atoms with Gasteiger partial charge in [0.15, 0.2) is 0 Å². The highest BCUT2D eigenvalue weighted by molar-refractivity contribution is 5.82. The van der Waals surface area contributed by atoms with Crippen LogP contribution in [0, 0.1) is 5.92 Å². The molecule has 82 valence electrons. The van der Waals surface area contributed by atoms with Crippen molar-refractivity contribution in [3.05, 3.63) is 0 Å². The van der Waals surface area contributed by atoms with Crippen LogP contribution in [-0.2, 0) is 4.79 Å². The Hall–Kier alpha value is -0.780. The van der Waals surface area contributed by atoms with Crippen LogP contribution in [0.15, 0.2) is 0 Å². The van der Waals surface area contributed by atoms with E-state index in [1.54, 1.807) is 6.92 Å². The van der Waals surface area contributed by atoms with Gasteiger partial charge in [-0.25, -0.2) is 0 Å². The standard InChI is InChI=1S/C8H12F3NO2/c1-5-2-3-12(6(5)4-13)7(14)8(9,10)11/h5-6,13H,2-4H2,1H3. The highest BCUT2D eigenvalue weighted by Gasteiger charge is 2.47. The second kappa shape index (κ2) is 3.76. The van der Waals surface area contributed by atoms with Gasteiger partial charge in [-0.2, -0.15) is 13.2 Å². The number of hydrogen-bond acceptors (Lipinski definition) is 2. The van der Waals surface area contributed by atoms with Gasteiger partial charge >= 0.3 is 12.1 Å². The van der Waals surface area contributed by atoms with Gasteiger partial charge in [0, 0.05) is 6.54 Å². The molecule has 0 aromatic carbocycles. The average molecular weight is 211 g/mol. The highest BCUT2D eigenvalue weighted by atomic mass is 19.4. The smallest absolute Gasteiger partial charge is 0.394 e. The zero-order valence-electron chi connectivity index (χ0n) is 7.71. The minimum Gasteiger partial charge on any atom is -0.394 e. The maximum Gasteiger partial charge on any atom is 0.471 e. The first-order valence-electron chi connectivity index (χ1n) is 4.36. The minimum absolute atomic E-state index is 0.0741. The Bertz CT molecular complexity index is 229. The summed E-state index contributed by atoms with van der Waals surface area (Å²) in [5.74, 6) is -1.92. The second-order valence-corrected chi connectivity index (χ2v) is 3.51. The van der Waals surface area contributed by atoms with E-state index in [0.29, 0.717) is 11.3 Å². The van der Waals surface area contributed by atoms with Gasteiger partial charge in [0.1, 0.15) is 0 Å². The third-order valence-electron chi connectivity index (χ3n) is 2.57. The van der Waals surface area contributed by atoms with Crippen LogP contribution < -0.4 is 0 Å². The van der Waals surface area contributed by atoms with Crippen LogP contribution in [0.25, 0.3) is 0 Å². The molecule has 0 aromatic heterocycles. The Morgan fingerprint density at radius 2 is 2.14 bits per heavy atom. The van der Waals surface area contributed by atoms with Crippen LogP contribution in [0.2, 0.25) is 0 Å². The molecule has 1 amide bonds. The zero-order valence-corrected chi connectivity index (χ0v) is 7.71. The average Bonchev–Trinajstić information content (AvgIpc) is 2.43. The van der Waals surface area contributed by atoms with Crippen LogP contribution in [0.5, 0.6) is 0 Å². The molecule has 1 aliphatic rings. The molecule has 1 rings (SSSR count). The monoisotopic (exact) mass is 211 g/mol. The quantitative estimate of drug-likeness (QED) is 0.696. The predicted molar refractivity (Wildman–Crippen MR) is 42.4 cm³/mol. The van der Waals surface area contributed by atoms with Crippen molar-refractivity contribution >= 4 is 5.91 Å². The minimum atomic E-state index is -4.84. The summed E-state index contributed by atoms with van der Waals surface area (Å²) in [5, 5.41) is 8.86. The van der Waals surface area contributed by atoms with Crippen LogP contribution in [0.3, 0.4) is 0 Å². The summed E-state index contributed by atoms with van der Waals surface area (Å²) in [4.78, 5) is 11.6. The lowest BCUT2D eigenvalue weighted by Crippen LogP contribution is -2.46. The lowest BCUT2D eigenvalue weighted by molar-refractivity contribution is -0.187. The third-order valence-corrected chi connectivity index (χ3v) is 2.57. The number of nitrogens with zero attached hydrogens (tertiary/aromatic N) is 1. The Kier molecular flexibility index (Phi) is 3.04. The number of carbonyl (C=O) groups is 1. The number of amides is 1. The molecule has 0 spiro atoms.